The number of benzene rings is 1. The fourth-order valence-electron chi connectivity index (χ4n) is 0.942. The maximum atomic E-state index is 11.3. The number of carbonyl (C=O) groups is 1. The van der Waals surface area contributed by atoms with E-state index in [9.17, 15) is 4.79 Å². The summed E-state index contributed by atoms with van der Waals surface area (Å²) in [4.78, 5) is 11.3. The van der Waals surface area contributed by atoms with Gasteiger partial charge in [0, 0.05) is 5.69 Å². The number of anilines is 1. The van der Waals surface area contributed by atoms with Gasteiger partial charge in [-0.05, 0) is 18.6 Å². The molecule has 0 fully saturated rings. The number of carbonyl (C=O) groups excluding carboxylic acids is 1. The molecule has 0 aliphatic rings. The number of rotatable bonds is 3. The predicted octanol–water partition coefficient (Wildman–Crippen LogP) is 1.78. The lowest BCUT2D eigenvalue weighted by Gasteiger charge is -2.09. The van der Waals surface area contributed by atoms with E-state index in [0.29, 0.717) is 6.42 Å². The third-order valence-corrected chi connectivity index (χ3v) is 1.82. The third kappa shape index (κ3) is 3.77. The molecule has 78 valence electrons. The van der Waals surface area contributed by atoms with Crippen LogP contribution in [0.3, 0.4) is 0 Å². The van der Waals surface area contributed by atoms with Crippen molar-refractivity contribution in [1.29, 1.82) is 0 Å². The lowest BCUT2D eigenvalue weighted by molar-refractivity contribution is -0.117. The van der Waals surface area contributed by atoms with Crippen molar-refractivity contribution in [1.82, 2.24) is 0 Å². The molecule has 0 saturated heterocycles. The summed E-state index contributed by atoms with van der Waals surface area (Å²) in [6.45, 7) is 1.88. The summed E-state index contributed by atoms with van der Waals surface area (Å²) >= 11 is 0. The van der Waals surface area contributed by atoms with Gasteiger partial charge in [0.05, 0.1) is 6.04 Å². The van der Waals surface area contributed by atoms with Gasteiger partial charge in [0.25, 0.3) is 0 Å². The number of halogens is 1. The highest BCUT2D eigenvalue weighted by molar-refractivity contribution is 5.94. The van der Waals surface area contributed by atoms with E-state index < -0.39 is 6.04 Å². The average Bonchev–Trinajstić information content (AvgIpc) is 2.18. The molecule has 1 aromatic rings. The predicted molar refractivity (Wildman–Crippen MR) is 60.6 cm³/mol. The van der Waals surface area contributed by atoms with Gasteiger partial charge < -0.3 is 11.1 Å². The molecule has 1 amide bonds. The zero-order valence-electron chi connectivity index (χ0n) is 8.07. The second kappa shape index (κ2) is 6.40. The largest absolute Gasteiger partial charge is 0.325 e. The Morgan fingerprint density at radius 3 is 2.50 bits per heavy atom. The molecule has 0 aromatic heterocycles. The van der Waals surface area contributed by atoms with E-state index in [1.54, 1.807) is 0 Å². The maximum Gasteiger partial charge on any atom is 0.241 e. The van der Waals surface area contributed by atoms with Gasteiger partial charge in [-0.1, -0.05) is 25.1 Å². The molecule has 1 aromatic carbocycles. The Morgan fingerprint density at radius 1 is 1.43 bits per heavy atom. The highest BCUT2D eigenvalue weighted by Crippen LogP contribution is 2.05. The van der Waals surface area contributed by atoms with Crippen molar-refractivity contribution in [2.75, 3.05) is 5.32 Å². The van der Waals surface area contributed by atoms with Crippen LogP contribution in [0.4, 0.5) is 5.69 Å². The fraction of sp³-hybridized carbons (Fsp3) is 0.300. The van der Waals surface area contributed by atoms with Crippen molar-refractivity contribution >= 4 is 24.0 Å². The molecule has 1 atom stereocenters. The van der Waals surface area contributed by atoms with E-state index in [2.05, 4.69) is 5.32 Å². The molecular weight excluding hydrogens is 200 g/mol. The highest BCUT2D eigenvalue weighted by Gasteiger charge is 2.09. The molecule has 0 radical (unpaired) electrons. The van der Waals surface area contributed by atoms with Gasteiger partial charge in [-0.3, -0.25) is 4.79 Å². The minimum atomic E-state index is -0.416. The molecule has 0 spiro atoms. The van der Waals surface area contributed by atoms with Crippen molar-refractivity contribution in [3.8, 4) is 0 Å². The van der Waals surface area contributed by atoms with Gasteiger partial charge in [0.2, 0.25) is 5.91 Å². The summed E-state index contributed by atoms with van der Waals surface area (Å²) in [6, 6.07) is 8.89. The lowest BCUT2D eigenvalue weighted by Crippen LogP contribution is -2.34. The molecule has 1 rings (SSSR count). The van der Waals surface area contributed by atoms with Crippen molar-refractivity contribution in [2.24, 2.45) is 5.73 Å². The van der Waals surface area contributed by atoms with Crippen LogP contribution in [0, 0.1) is 0 Å². The molecular formula is C10H15ClN2O. The normalized spacial score (nSPS) is 11.3. The van der Waals surface area contributed by atoms with Crippen molar-refractivity contribution in [3.05, 3.63) is 30.3 Å². The SMILES string of the molecule is CCC(N)C(=O)Nc1ccccc1.Cl. The van der Waals surface area contributed by atoms with Crippen LogP contribution in [0.2, 0.25) is 0 Å². The minimum Gasteiger partial charge on any atom is -0.325 e. The molecule has 0 aliphatic heterocycles. The van der Waals surface area contributed by atoms with Gasteiger partial charge in [-0.25, -0.2) is 0 Å². The molecule has 0 heterocycles. The number of hydrogen-bond donors (Lipinski definition) is 2. The lowest BCUT2D eigenvalue weighted by atomic mass is 10.2. The van der Waals surface area contributed by atoms with Crippen LogP contribution >= 0.6 is 12.4 Å². The second-order valence-electron chi connectivity index (χ2n) is 2.87. The zero-order chi connectivity index (χ0) is 9.68. The van der Waals surface area contributed by atoms with E-state index in [1.165, 1.54) is 0 Å². The Hall–Kier alpha value is -1.06. The maximum absolute atomic E-state index is 11.3. The summed E-state index contributed by atoms with van der Waals surface area (Å²) in [6.07, 6.45) is 0.651. The summed E-state index contributed by atoms with van der Waals surface area (Å²) in [5.74, 6) is -0.131. The summed E-state index contributed by atoms with van der Waals surface area (Å²) in [5.41, 5.74) is 6.34. The Kier molecular flexibility index (Phi) is 5.92. The van der Waals surface area contributed by atoms with Crippen LogP contribution in [0.25, 0.3) is 0 Å². The summed E-state index contributed by atoms with van der Waals surface area (Å²) < 4.78 is 0. The van der Waals surface area contributed by atoms with E-state index in [0.717, 1.165) is 5.69 Å². The van der Waals surface area contributed by atoms with Crippen LogP contribution in [0.1, 0.15) is 13.3 Å². The summed E-state index contributed by atoms with van der Waals surface area (Å²) in [7, 11) is 0. The fourth-order valence-corrected chi connectivity index (χ4v) is 0.942. The molecule has 0 bridgehead atoms. The van der Waals surface area contributed by atoms with Crippen LogP contribution < -0.4 is 11.1 Å². The van der Waals surface area contributed by atoms with Gasteiger partial charge >= 0.3 is 0 Å². The smallest absolute Gasteiger partial charge is 0.241 e. The number of nitrogens with one attached hydrogen (secondary N) is 1. The quantitative estimate of drug-likeness (QED) is 0.806. The molecule has 0 aliphatic carbocycles. The number of hydrogen-bond acceptors (Lipinski definition) is 2. The molecule has 0 saturated carbocycles. The number of amides is 1. The standard InChI is InChI=1S/C10H14N2O.ClH/c1-2-9(11)10(13)12-8-6-4-3-5-7-8;/h3-7,9H,2,11H2,1H3,(H,12,13);1H. The minimum absolute atomic E-state index is 0. The first-order chi connectivity index (χ1) is 6.24. The Balaban J connectivity index is 0.00000169. The van der Waals surface area contributed by atoms with E-state index in [1.807, 2.05) is 37.3 Å². The molecule has 3 N–H and O–H groups in total. The number of para-hydroxylation sites is 1. The first-order valence-electron chi connectivity index (χ1n) is 4.35. The highest BCUT2D eigenvalue weighted by atomic mass is 35.5. The van der Waals surface area contributed by atoms with Crippen LogP contribution in [0.15, 0.2) is 30.3 Å². The molecule has 3 nitrogen and oxygen atoms in total. The third-order valence-electron chi connectivity index (χ3n) is 1.82. The monoisotopic (exact) mass is 214 g/mol. The van der Waals surface area contributed by atoms with Gasteiger partial charge in [-0.2, -0.15) is 0 Å². The van der Waals surface area contributed by atoms with Crippen molar-refractivity contribution in [3.63, 3.8) is 0 Å². The Morgan fingerprint density at radius 2 is 2.00 bits per heavy atom. The first kappa shape index (κ1) is 12.9. The van der Waals surface area contributed by atoms with Crippen LogP contribution in [-0.2, 0) is 4.79 Å². The van der Waals surface area contributed by atoms with Crippen LogP contribution in [-0.4, -0.2) is 11.9 Å². The molecule has 4 heteroatoms. The van der Waals surface area contributed by atoms with Gasteiger partial charge in [0.15, 0.2) is 0 Å². The van der Waals surface area contributed by atoms with Crippen LogP contribution in [0.5, 0.6) is 0 Å². The Labute approximate surface area is 90.1 Å². The number of nitrogens with two attached hydrogens (primary N) is 1. The molecule has 1 unspecified atom stereocenters. The summed E-state index contributed by atoms with van der Waals surface area (Å²) in [5, 5.41) is 2.73. The van der Waals surface area contributed by atoms with Crippen molar-refractivity contribution < 1.29 is 4.79 Å². The Bertz CT molecular complexity index is 277. The molecule has 14 heavy (non-hydrogen) atoms. The van der Waals surface area contributed by atoms with Gasteiger partial charge in [-0.15, -0.1) is 12.4 Å². The first-order valence-corrected chi connectivity index (χ1v) is 4.35. The zero-order valence-corrected chi connectivity index (χ0v) is 8.88. The second-order valence-corrected chi connectivity index (χ2v) is 2.87. The van der Waals surface area contributed by atoms with E-state index in [-0.39, 0.29) is 18.3 Å². The average molecular weight is 215 g/mol. The topological polar surface area (TPSA) is 55.1 Å². The van der Waals surface area contributed by atoms with E-state index >= 15 is 0 Å². The van der Waals surface area contributed by atoms with E-state index in [4.69, 9.17) is 5.73 Å². The van der Waals surface area contributed by atoms with Gasteiger partial charge in [0.1, 0.15) is 0 Å². The van der Waals surface area contributed by atoms with Crippen molar-refractivity contribution in [2.45, 2.75) is 19.4 Å².